The second kappa shape index (κ2) is 18.2. The van der Waals surface area contributed by atoms with Gasteiger partial charge >= 0.3 is 24.3 Å². The number of aliphatic hydroxyl groups is 1. The van der Waals surface area contributed by atoms with Gasteiger partial charge in [0.2, 0.25) is 0 Å². The number of hydrogen-bond acceptors (Lipinski definition) is 6. The van der Waals surface area contributed by atoms with Gasteiger partial charge in [-0.3, -0.25) is 9.59 Å². The third kappa shape index (κ3) is 10.8. The topological polar surface area (TPSA) is 118 Å². The van der Waals surface area contributed by atoms with Crippen LogP contribution in [0, 0.1) is 25.5 Å². The Bertz CT molecular complexity index is 2210. The summed E-state index contributed by atoms with van der Waals surface area (Å²) < 4.78 is 113. The molecule has 0 radical (unpaired) electrons. The van der Waals surface area contributed by atoms with Gasteiger partial charge in [-0.15, -0.1) is 0 Å². The molecule has 1 unspecified atom stereocenters. The molecule has 4 rings (SSSR count). The molecule has 0 aliphatic rings. The van der Waals surface area contributed by atoms with Gasteiger partial charge in [0.15, 0.2) is 28.8 Å². The van der Waals surface area contributed by atoms with Crippen LogP contribution in [0.1, 0.15) is 70.1 Å². The highest BCUT2D eigenvalue weighted by Gasteiger charge is 2.56. The molecule has 0 saturated carbocycles. The maximum atomic E-state index is 13.7. The molecule has 4 aromatic rings. The minimum atomic E-state index is -5.24. The smallest absolute Gasteiger partial charge is 0.421 e. The minimum absolute atomic E-state index is 0.0350. The Morgan fingerprint density at radius 1 is 0.696 bits per heavy atom. The number of rotatable bonds is 9. The number of carbonyl (C=O) groups is 4. The van der Waals surface area contributed by atoms with Crippen molar-refractivity contribution >= 4 is 92.8 Å². The van der Waals surface area contributed by atoms with Gasteiger partial charge in [-0.1, -0.05) is 12.1 Å². The summed E-state index contributed by atoms with van der Waals surface area (Å²) in [6.45, 7) is 2.93. The first-order chi connectivity index (χ1) is 25.7. The molecule has 4 aromatic carbocycles. The maximum Gasteiger partial charge on any atom is 0.421 e. The van der Waals surface area contributed by atoms with E-state index in [0.717, 1.165) is 42.5 Å². The highest BCUT2D eigenvalue weighted by Crippen LogP contribution is 2.44. The zero-order valence-electron chi connectivity index (χ0n) is 28.5. The molecule has 0 saturated heterocycles. The Morgan fingerprint density at radius 3 is 1.57 bits per heavy atom. The summed E-state index contributed by atoms with van der Waals surface area (Å²) in [5, 5.41) is 19.4. The molecule has 0 heterocycles. The van der Waals surface area contributed by atoms with E-state index < -0.39 is 70.7 Å². The first-order valence-corrected chi connectivity index (χ1v) is 18.4. The number of halogens is 12. The highest BCUT2D eigenvalue weighted by molar-refractivity contribution is 9.11. The van der Waals surface area contributed by atoms with Gasteiger partial charge in [0.25, 0.3) is 0 Å². The standard InChI is InChI=1S/C19H12Br2F4O3.C18H12Br2F4O4/c1-9-5-10(3-4-12(9)18(27)28-2)16(26)8-13(19(23,24)25)11-6-14(20)17(22)15(21)7-11;1-8-4-9(2-3-11(8)16(26)27)14(25)7-17(28,18(22,23)24)10-5-12(19)15(21)13(20)6-10/h3-8H,1-2H3;2-6,28H,7H2,1H3,(H,26,27). The second-order valence-electron chi connectivity index (χ2n) is 11.7. The number of Topliss-reactive ketones (excluding diaryl/α,β-unsaturated/α-hetero) is 1. The molecule has 19 heteroatoms. The van der Waals surface area contributed by atoms with E-state index in [-0.39, 0.29) is 51.3 Å². The maximum absolute atomic E-state index is 13.7. The number of alkyl halides is 6. The van der Waals surface area contributed by atoms with Crippen LogP contribution >= 0.6 is 63.7 Å². The van der Waals surface area contributed by atoms with Crippen molar-refractivity contribution in [1.82, 2.24) is 0 Å². The van der Waals surface area contributed by atoms with Gasteiger partial charge in [-0.2, -0.15) is 26.3 Å². The van der Waals surface area contributed by atoms with Crippen LogP contribution < -0.4 is 0 Å². The number of ketones is 2. The van der Waals surface area contributed by atoms with Gasteiger partial charge in [0.05, 0.1) is 48.1 Å². The third-order valence-electron chi connectivity index (χ3n) is 7.92. The molecule has 0 aliphatic heterocycles. The molecular formula is C37H24Br4F8O7. The van der Waals surface area contributed by atoms with Gasteiger partial charge in [-0.05, 0) is 154 Å². The zero-order chi connectivity index (χ0) is 42.7. The van der Waals surface area contributed by atoms with E-state index in [1.807, 2.05) is 0 Å². The molecule has 0 bridgehead atoms. The van der Waals surface area contributed by atoms with E-state index in [2.05, 4.69) is 68.5 Å². The van der Waals surface area contributed by atoms with Crippen molar-refractivity contribution in [3.8, 4) is 0 Å². The summed E-state index contributed by atoms with van der Waals surface area (Å²) in [6.07, 6.45) is -11.0. The number of aromatic carboxylic acids is 1. The number of allylic oxidation sites excluding steroid dienone is 2. The number of ether oxygens (including phenoxy) is 1. The van der Waals surface area contributed by atoms with E-state index in [9.17, 15) is 59.4 Å². The summed E-state index contributed by atoms with van der Waals surface area (Å²) in [5.41, 5.74) is -5.49. The van der Waals surface area contributed by atoms with Crippen LogP contribution in [0.25, 0.3) is 5.57 Å². The minimum Gasteiger partial charge on any atom is -0.478 e. The molecule has 1 atom stereocenters. The van der Waals surface area contributed by atoms with Gasteiger partial charge in [-0.25, -0.2) is 18.4 Å². The van der Waals surface area contributed by atoms with Crippen LogP contribution in [-0.2, 0) is 10.3 Å². The number of carboxylic acids is 1. The lowest BCUT2D eigenvalue weighted by atomic mass is 9.86. The molecular weight excluding hydrogens is 1030 g/mol. The largest absolute Gasteiger partial charge is 0.478 e. The number of aryl methyl sites for hydroxylation is 2. The molecule has 56 heavy (non-hydrogen) atoms. The van der Waals surface area contributed by atoms with Crippen molar-refractivity contribution in [1.29, 1.82) is 0 Å². The van der Waals surface area contributed by atoms with Crippen molar-refractivity contribution < 1.29 is 69.3 Å². The Morgan fingerprint density at radius 2 is 1.14 bits per heavy atom. The van der Waals surface area contributed by atoms with Gasteiger partial charge in [0, 0.05) is 11.1 Å². The highest BCUT2D eigenvalue weighted by atomic mass is 79.9. The summed E-state index contributed by atoms with van der Waals surface area (Å²) in [4.78, 5) is 47.5. The first kappa shape index (κ1) is 46.6. The molecule has 0 amide bonds. The van der Waals surface area contributed by atoms with E-state index in [1.54, 1.807) is 0 Å². The van der Waals surface area contributed by atoms with E-state index in [0.29, 0.717) is 11.6 Å². The number of benzene rings is 4. The van der Waals surface area contributed by atoms with Crippen LogP contribution in [0.4, 0.5) is 35.1 Å². The molecule has 0 aliphatic carbocycles. The first-order valence-electron chi connectivity index (χ1n) is 15.2. The zero-order valence-corrected chi connectivity index (χ0v) is 34.9. The SMILES string of the molecule is COC(=O)c1ccc(C(=O)C=C(c2cc(Br)c(F)c(Br)c2)C(F)(F)F)cc1C.Cc1cc(C(=O)CC(O)(c2cc(Br)c(F)c(Br)c2)C(F)(F)F)ccc1C(=O)O. The Labute approximate surface area is 346 Å². The monoisotopic (exact) mass is 1050 g/mol. The van der Waals surface area contributed by atoms with Crippen LogP contribution in [0.5, 0.6) is 0 Å². The van der Waals surface area contributed by atoms with E-state index in [1.165, 1.54) is 39.2 Å². The van der Waals surface area contributed by atoms with E-state index in [4.69, 9.17) is 5.11 Å². The number of carboxylic acid groups (broad SMARTS) is 1. The third-order valence-corrected chi connectivity index (χ3v) is 10.2. The van der Waals surface area contributed by atoms with Crippen LogP contribution in [0.2, 0.25) is 0 Å². The molecule has 0 aromatic heterocycles. The summed E-state index contributed by atoms with van der Waals surface area (Å²) in [7, 11) is 1.19. The summed E-state index contributed by atoms with van der Waals surface area (Å²) in [6, 6.07) is 10.5. The average molecular weight is 1050 g/mol. The molecule has 298 valence electrons. The number of carbonyl (C=O) groups excluding carboxylic acids is 3. The lowest BCUT2D eigenvalue weighted by Gasteiger charge is -2.31. The number of methoxy groups -OCH3 is 1. The number of hydrogen-bond donors (Lipinski definition) is 2. The fraction of sp³-hybridized carbons (Fsp3) is 0.189. The Balaban J connectivity index is 0.000000300. The van der Waals surface area contributed by atoms with Crippen LogP contribution in [0.15, 0.2) is 84.6 Å². The van der Waals surface area contributed by atoms with Gasteiger partial charge < -0.3 is 14.9 Å². The molecule has 0 fully saturated rings. The summed E-state index contributed by atoms with van der Waals surface area (Å²) >= 11 is 11.3. The van der Waals surface area contributed by atoms with Crippen LogP contribution in [0.3, 0.4) is 0 Å². The van der Waals surface area contributed by atoms with E-state index >= 15 is 0 Å². The Kier molecular flexibility index (Phi) is 15.2. The fourth-order valence-electron chi connectivity index (χ4n) is 4.98. The van der Waals surface area contributed by atoms with Crippen molar-refractivity contribution in [2.75, 3.05) is 7.11 Å². The second-order valence-corrected chi connectivity index (χ2v) is 15.2. The predicted molar refractivity (Wildman–Crippen MR) is 202 cm³/mol. The van der Waals surface area contributed by atoms with Crippen molar-refractivity contribution in [3.05, 3.63) is 141 Å². The quantitative estimate of drug-likeness (QED) is 0.0563. The predicted octanol–water partition coefficient (Wildman–Crippen LogP) is 11.7. The van der Waals surface area contributed by atoms with Crippen molar-refractivity contribution in [3.63, 3.8) is 0 Å². The summed E-state index contributed by atoms with van der Waals surface area (Å²) in [5.74, 6) is -5.46. The number of esters is 1. The lowest BCUT2D eigenvalue weighted by molar-refractivity contribution is -0.264. The normalized spacial score (nSPS) is 13.0. The van der Waals surface area contributed by atoms with Crippen LogP contribution in [-0.4, -0.2) is 53.2 Å². The fourth-order valence-corrected chi connectivity index (χ4v) is 7.35. The van der Waals surface area contributed by atoms with Crippen molar-refractivity contribution in [2.24, 2.45) is 0 Å². The Hall–Kier alpha value is -3.78. The molecule has 0 spiro atoms. The lowest BCUT2D eigenvalue weighted by Crippen LogP contribution is -2.44. The van der Waals surface area contributed by atoms with Gasteiger partial charge in [0.1, 0.15) is 0 Å². The molecule has 7 nitrogen and oxygen atoms in total. The molecule has 2 N–H and O–H groups in total. The average Bonchev–Trinajstić information content (AvgIpc) is 3.09. The van der Waals surface area contributed by atoms with Crippen molar-refractivity contribution in [2.45, 2.75) is 38.2 Å².